The predicted molar refractivity (Wildman–Crippen MR) is 95.2 cm³/mol. The van der Waals surface area contributed by atoms with E-state index in [1.54, 1.807) is 6.20 Å². The van der Waals surface area contributed by atoms with Crippen molar-refractivity contribution in [1.29, 1.82) is 0 Å². The summed E-state index contributed by atoms with van der Waals surface area (Å²) in [4.78, 5) is 4.36. The maximum absolute atomic E-state index is 5.40. The molecule has 0 spiro atoms. The molecule has 1 saturated carbocycles. The summed E-state index contributed by atoms with van der Waals surface area (Å²) in [7, 11) is 0. The van der Waals surface area contributed by atoms with Gasteiger partial charge < -0.3 is 10.6 Å². The molecule has 1 heterocycles. The first-order chi connectivity index (χ1) is 9.58. The van der Waals surface area contributed by atoms with E-state index in [1.165, 1.54) is 38.5 Å². The fourth-order valence-corrected chi connectivity index (χ4v) is 3.64. The van der Waals surface area contributed by atoms with E-state index in [-0.39, 0.29) is 0 Å². The van der Waals surface area contributed by atoms with Gasteiger partial charge in [0.15, 0.2) is 5.11 Å². The molecule has 20 heavy (non-hydrogen) atoms. The van der Waals surface area contributed by atoms with Gasteiger partial charge in [0.25, 0.3) is 0 Å². The summed E-state index contributed by atoms with van der Waals surface area (Å²) >= 11 is 12.4. The molecule has 0 amide bonds. The van der Waals surface area contributed by atoms with Crippen molar-refractivity contribution in [2.24, 2.45) is 0 Å². The molecule has 0 radical (unpaired) electrons. The molecule has 2 N–H and O–H groups in total. The van der Waals surface area contributed by atoms with Gasteiger partial charge in [0.2, 0.25) is 0 Å². The lowest BCUT2D eigenvalue weighted by atomic mass is 10.1. The highest BCUT2D eigenvalue weighted by Gasteiger charge is 2.14. The van der Waals surface area contributed by atoms with Crippen molar-refractivity contribution in [1.82, 2.24) is 10.3 Å². The van der Waals surface area contributed by atoms with Gasteiger partial charge in [-0.25, -0.2) is 4.98 Å². The summed E-state index contributed by atoms with van der Waals surface area (Å²) in [5.74, 6) is 0.761. The van der Waals surface area contributed by atoms with Gasteiger partial charge in [0.1, 0.15) is 5.82 Å². The lowest BCUT2D eigenvalue weighted by Crippen LogP contribution is -2.37. The Kier molecular flexibility index (Phi) is 6.23. The van der Waals surface area contributed by atoms with Crippen LogP contribution in [0.2, 0.25) is 0 Å². The standard InChI is InChI=1S/C14H19Br2N3S/c1-9-11(15)8-17-13(12(9)16)19-14(20)18-10-6-4-2-3-5-7-10/h8,10H,2-7H2,1H3,(H2,17,18,19,20). The first kappa shape index (κ1) is 16.2. The maximum atomic E-state index is 5.40. The van der Waals surface area contributed by atoms with Crippen LogP contribution in [0.3, 0.4) is 0 Å². The Morgan fingerprint density at radius 1 is 1.25 bits per heavy atom. The Labute approximate surface area is 142 Å². The number of hydrogen-bond acceptors (Lipinski definition) is 2. The van der Waals surface area contributed by atoms with Gasteiger partial charge in [0, 0.05) is 16.7 Å². The van der Waals surface area contributed by atoms with Gasteiger partial charge >= 0.3 is 0 Å². The van der Waals surface area contributed by atoms with Crippen LogP contribution in [0.4, 0.5) is 5.82 Å². The van der Waals surface area contributed by atoms with Gasteiger partial charge in [-0.05, 0) is 69.4 Å². The number of hydrogen-bond donors (Lipinski definition) is 2. The summed E-state index contributed by atoms with van der Waals surface area (Å²) < 4.78 is 1.93. The molecule has 2 rings (SSSR count). The van der Waals surface area contributed by atoms with Gasteiger partial charge in [-0.15, -0.1) is 0 Å². The smallest absolute Gasteiger partial charge is 0.172 e. The normalized spacial score (nSPS) is 16.6. The molecule has 1 aliphatic carbocycles. The lowest BCUT2D eigenvalue weighted by Gasteiger charge is -2.19. The molecule has 1 fully saturated rings. The van der Waals surface area contributed by atoms with Crippen LogP contribution in [0.25, 0.3) is 0 Å². The summed E-state index contributed by atoms with van der Waals surface area (Å²) in [5, 5.41) is 7.26. The summed E-state index contributed by atoms with van der Waals surface area (Å²) in [6, 6.07) is 0.493. The molecule has 0 aliphatic heterocycles. The monoisotopic (exact) mass is 419 g/mol. The lowest BCUT2D eigenvalue weighted by molar-refractivity contribution is 0.535. The fourth-order valence-electron chi connectivity index (χ4n) is 2.40. The Morgan fingerprint density at radius 2 is 1.90 bits per heavy atom. The molecular formula is C14H19Br2N3S. The molecule has 1 aromatic rings. The zero-order valence-corrected chi connectivity index (χ0v) is 15.5. The second kappa shape index (κ2) is 7.71. The topological polar surface area (TPSA) is 37.0 Å². The third kappa shape index (κ3) is 4.40. The first-order valence-corrected chi connectivity index (χ1v) is 8.95. The molecule has 1 aliphatic rings. The zero-order valence-electron chi connectivity index (χ0n) is 11.5. The zero-order chi connectivity index (χ0) is 14.5. The number of aromatic nitrogens is 1. The highest BCUT2D eigenvalue weighted by molar-refractivity contribution is 9.11. The van der Waals surface area contributed by atoms with Gasteiger partial charge in [0.05, 0.1) is 4.47 Å². The van der Waals surface area contributed by atoms with Crippen LogP contribution in [0, 0.1) is 6.92 Å². The van der Waals surface area contributed by atoms with E-state index in [9.17, 15) is 0 Å². The van der Waals surface area contributed by atoms with E-state index in [1.807, 2.05) is 6.92 Å². The minimum Gasteiger partial charge on any atom is -0.360 e. The molecule has 0 aromatic carbocycles. The van der Waals surface area contributed by atoms with Crippen LogP contribution in [0.5, 0.6) is 0 Å². The van der Waals surface area contributed by atoms with Crippen molar-refractivity contribution in [3.63, 3.8) is 0 Å². The number of anilines is 1. The molecule has 0 bridgehead atoms. The van der Waals surface area contributed by atoms with Crippen LogP contribution in [-0.2, 0) is 0 Å². The van der Waals surface area contributed by atoms with E-state index in [2.05, 4.69) is 47.5 Å². The third-order valence-electron chi connectivity index (χ3n) is 3.62. The first-order valence-electron chi connectivity index (χ1n) is 6.96. The van der Waals surface area contributed by atoms with Crippen molar-refractivity contribution in [3.05, 3.63) is 20.7 Å². The highest BCUT2D eigenvalue weighted by atomic mass is 79.9. The number of thiocarbonyl (C=S) groups is 1. The van der Waals surface area contributed by atoms with Gasteiger partial charge in [-0.1, -0.05) is 25.7 Å². The minimum atomic E-state index is 0.493. The van der Waals surface area contributed by atoms with E-state index in [0.29, 0.717) is 11.2 Å². The second-order valence-electron chi connectivity index (χ2n) is 5.18. The van der Waals surface area contributed by atoms with Gasteiger partial charge in [-0.2, -0.15) is 0 Å². The van der Waals surface area contributed by atoms with Crippen LogP contribution >= 0.6 is 44.1 Å². The van der Waals surface area contributed by atoms with Crippen LogP contribution in [0.15, 0.2) is 15.1 Å². The molecule has 0 saturated heterocycles. The largest absolute Gasteiger partial charge is 0.360 e. The molecule has 0 atom stereocenters. The molecule has 1 aromatic heterocycles. The van der Waals surface area contributed by atoms with Crippen molar-refractivity contribution >= 4 is 55.0 Å². The Balaban J connectivity index is 1.95. The quantitative estimate of drug-likeness (QED) is 0.525. The average molecular weight is 421 g/mol. The predicted octanol–water partition coefficient (Wildman–Crippen LogP) is 4.92. The molecule has 6 heteroatoms. The minimum absolute atomic E-state index is 0.493. The van der Waals surface area contributed by atoms with Crippen LogP contribution in [0.1, 0.15) is 44.1 Å². The third-order valence-corrected chi connectivity index (χ3v) is 5.61. The fraction of sp³-hybridized carbons (Fsp3) is 0.571. The van der Waals surface area contributed by atoms with E-state index in [4.69, 9.17) is 12.2 Å². The SMILES string of the molecule is Cc1c(Br)cnc(NC(=S)NC2CCCCCC2)c1Br. The van der Waals surface area contributed by atoms with Crippen molar-refractivity contribution in [3.8, 4) is 0 Å². The maximum Gasteiger partial charge on any atom is 0.172 e. The Bertz CT molecular complexity index is 486. The van der Waals surface area contributed by atoms with E-state index >= 15 is 0 Å². The Hall–Kier alpha value is -0.200. The van der Waals surface area contributed by atoms with Crippen molar-refractivity contribution < 1.29 is 0 Å². The second-order valence-corrected chi connectivity index (χ2v) is 7.24. The number of halogens is 2. The molecular weight excluding hydrogens is 402 g/mol. The van der Waals surface area contributed by atoms with E-state index < -0.39 is 0 Å². The van der Waals surface area contributed by atoms with E-state index in [0.717, 1.165) is 20.3 Å². The van der Waals surface area contributed by atoms with Crippen molar-refractivity contribution in [2.45, 2.75) is 51.5 Å². The number of pyridine rings is 1. The average Bonchev–Trinajstić information content (AvgIpc) is 2.68. The summed E-state index contributed by atoms with van der Waals surface area (Å²) in [5.41, 5.74) is 1.11. The van der Waals surface area contributed by atoms with Crippen LogP contribution < -0.4 is 10.6 Å². The van der Waals surface area contributed by atoms with Gasteiger partial charge in [-0.3, -0.25) is 0 Å². The highest BCUT2D eigenvalue weighted by Crippen LogP contribution is 2.29. The number of nitrogens with zero attached hydrogens (tertiary/aromatic N) is 1. The number of rotatable bonds is 2. The number of nitrogens with one attached hydrogen (secondary N) is 2. The molecule has 110 valence electrons. The van der Waals surface area contributed by atoms with Crippen molar-refractivity contribution in [2.75, 3.05) is 5.32 Å². The summed E-state index contributed by atoms with van der Waals surface area (Å²) in [6.45, 7) is 2.03. The molecule has 3 nitrogen and oxygen atoms in total. The van der Waals surface area contributed by atoms with Crippen LogP contribution in [-0.4, -0.2) is 16.1 Å². The Morgan fingerprint density at radius 3 is 2.55 bits per heavy atom. The molecule has 0 unspecified atom stereocenters. The summed E-state index contributed by atoms with van der Waals surface area (Å²) in [6.07, 6.45) is 9.47.